The quantitative estimate of drug-likeness (QED) is 0.286. The van der Waals surface area contributed by atoms with Crippen molar-refractivity contribution in [3.63, 3.8) is 0 Å². The maximum atomic E-state index is 12.1. The van der Waals surface area contributed by atoms with Gasteiger partial charge in [0.15, 0.2) is 5.96 Å². The largest absolute Gasteiger partial charge is 0.373 e. The van der Waals surface area contributed by atoms with Crippen LogP contribution >= 0.6 is 24.0 Å². The lowest BCUT2D eigenvalue weighted by Gasteiger charge is -2.24. The highest BCUT2D eigenvalue weighted by Gasteiger charge is 2.29. The number of nitrogens with one attached hydrogen (secondary N) is 3. The number of carbonyl (C=O) groups is 1. The Hall–Kier alpha value is -1.35. The molecule has 158 valence electrons. The molecule has 1 aliphatic heterocycles. The molecule has 0 spiro atoms. The first-order valence-corrected chi connectivity index (χ1v) is 10.0. The van der Waals surface area contributed by atoms with E-state index in [-0.39, 0.29) is 41.4 Å². The van der Waals surface area contributed by atoms with E-state index in [1.165, 1.54) is 0 Å². The SMILES string of the molecule is CCNC(=NCc1cccc(NC(=O)C(C)CC)c1)NCC1(C)CCCO1.I. The highest BCUT2D eigenvalue weighted by atomic mass is 127. The predicted molar refractivity (Wildman–Crippen MR) is 126 cm³/mol. The Labute approximate surface area is 186 Å². The summed E-state index contributed by atoms with van der Waals surface area (Å²) in [5.41, 5.74) is 1.76. The number of halogens is 1. The normalized spacial score (nSPS) is 20.2. The number of nitrogens with zero attached hydrogens (tertiary/aromatic N) is 1. The van der Waals surface area contributed by atoms with Gasteiger partial charge in [0.1, 0.15) is 0 Å². The Morgan fingerprint density at radius 2 is 2.11 bits per heavy atom. The molecule has 1 fully saturated rings. The van der Waals surface area contributed by atoms with E-state index in [1.54, 1.807) is 0 Å². The first kappa shape index (κ1) is 24.7. The molecule has 0 aliphatic carbocycles. The third-order valence-corrected chi connectivity index (χ3v) is 4.95. The summed E-state index contributed by atoms with van der Waals surface area (Å²) in [6.45, 7) is 11.1. The molecule has 6 nitrogen and oxygen atoms in total. The van der Waals surface area contributed by atoms with E-state index < -0.39 is 0 Å². The van der Waals surface area contributed by atoms with Gasteiger partial charge in [0.25, 0.3) is 0 Å². The molecule has 0 bridgehead atoms. The Morgan fingerprint density at radius 3 is 2.75 bits per heavy atom. The smallest absolute Gasteiger partial charge is 0.227 e. The summed E-state index contributed by atoms with van der Waals surface area (Å²) in [5.74, 6) is 0.844. The van der Waals surface area contributed by atoms with Crippen LogP contribution in [0.4, 0.5) is 5.69 Å². The van der Waals surface area contributed by atoms with Crippen LogP contribution in [0.3, 0.4) is 0 Å². The molecule has 1 heterocycles. The summed E-state index contributed by atoms with van der Waals surface area (Å²) in [6, 6.07) is 7.86. The summed E-state index contributed by atoms with van der Waals surface area (Å²) in [5, 5.41) is 9.64. The topological polar surface area (TPSA) is 74.8 Å². The fourth-order valence-corrected chi connectivity index (χ4v) is 2.96. The van der Waals surface area contributed by atoms with Crippen LogP contribution in [-0.4, -0.2) is 37.2 Å². The van der Waals surface area contributed by atoms with E-state index in [0.717, 1.165) is 56.2 Å². The van der Waals surface area contributed by atoms with Crippen LogP contribution in [0.15, 0.2) is 29.3 Å². The van der Waals surface area contributed by atoms with Crippen molar-refractivity contribution in [3.05, 3.63) is 29.8 Å². The highest BCUT2D eigenvalue weighted by Crippen LogP contribution is 2.23. The van der Waals surface area contributed by atoms with Crippen LogP contribution in [0, 0.1) is 5.92 Å². The minimum atomic E-state index is -0.115. The molecule has 0 saturated carbocycles. The van der Waals surface area contributed by atoms with E-state index in [9.17, 15) is 4.79 Å². The number of anilines is 1. The van der Waals surface area contributed by atoms with Gasteiger partial charge < -0.3 is 20.7 Å². The van der Waals surface area contributed by atoms with Gasteiger partial charge in [0, 0.05) is 31.3 Å². The van der Waals surface area contributed by atoms with Crippen molar-refractivity contribution in [2.75, 3.05) is 25.0 Å². The maximum Gasteiger partial charge on any atom is 0.227 e. The van der Waals surface area contributed by atoms with Gasteiger partial charge in [-0.3, -0.25) is 4.79 Å². The molecule has 1 aliphatic rings. The van der Waals surface area contributed by atoms with Gasteiger partial charge in [-0.2, -0.15) is 0 Å². The molecule has 1 aromatic rings. The lowest BCUT2D eigenvalue weighted by molar-refractivity contribution is -0.119. The van der Waals surface area contributed by atoms with Crippen molar-refractivity contribution in [1.82, 2.24) is 10.6 Å². The van der Waals surface area contributed by atoms with Gasteiger partial charge in [-0.1, -0.05) is 26.0 Å². The fraction of sp³-hybridized carbons (Fsp3) is 0.619. The number of aliphatic imine (C=N–C) groups is 1. The molecule has 2 atom stereocenters. The first-order chi connectivity index (χ1) is 13.0. The zero-order chi connectivity index (χ0) is 19.7. The van der Waals surface area contributed by atoms with Crippen LogP contribution in [0.1, 0.15) is 52.5 Å². The summed E-state index contributed by atoms with van der Waals surface area (Å²) >= 11 is 0. The standard InChI is InChI=1S/C21H34N4O2.HI/c1-5-16(3)19(26)25-18-10-7-9-17(13-18)14-23-20(22-6-2)24-15-21(4)11-8-12-27-21;/h7,9-10,13,16H,5-6,8,11-12,14-15H2,1-4H3,(H,25,26)(H2,22,23,24);1H. The second-order valence-electron chi connectivity index (χ2n) is 7.45. The Morgan fingerprint density at radius 1 is 1.32 bits per heavy atom. The molecular weight excluding hydrogens is 467 g/mol. The molecule has 0 radical (unpaired) electrons. The molecule has 2 unspecified atom stereocenters. The maximum absolute atomic E-state index is 12.1. The van der Waals surface area contributed by atoms with E-state index in [4.69, 9.17) is 4.74 Å². The second-order valence-corrected chi connectivity index (χ2v) is 7.45. The van der Waals surface area contributed by atoms with E-state index in [2.05, 4.69) is 34.8 Å². The van der Waals surface area contributed by atoms with Crippen LogP contribution in [0.5, 0.6) is 0 Å². The molecule has 0 aromatic heterocycles. The third-order valence-electron chi connectivity index (χ3n) is 4.95. The zero-order valence-electron chi connectivity index (χ0n) is 17.5. The summed E-state index contributed by atoms with van der Waals surface area (Å²) in [6.07, 6.45) is 3.01. The third kappa shape index (κ3) is 7.95. The van der Waals surface area contributed by atoms with Crippen molar-refractivity contribution < 1.29 is 9.53 Å². The number of hydrogen-bond donors (Lipinski definition) is 3. The van der Waals surface area contributed by atoms with Crippen LogP contribution in [0.25, 0.3) is 0 Å². The molecule has 28 heavy (non-hydrogen) atoms. The van der Waals surface area contributed by atoms with Gasteiger partial charge in [0.05, 0.1) is 12.1 Å². The predicted octanol–water partition coefficient (Wildman–Crippen LogP) is 3.91. The summed E-state index contributed by atoms with van der Waals surface area (Å²) in [7, 11) is 0. The lowest BCUT2D eigenvalue weighted by Crippen LogP contribution is -2.45. The lowest BCUT2D eigenvalue weighted by atomic mass is 10.0. The minimum Gasteiger partial charge on any atom is -0.373 e. The Kier molecular flexibility index (Phi) is 10.8. The van der Waals surface area contributed by atoms with Crippen molar-refractivity contribution in [2.24, 2.45) is 10.9 Å². The number of carbonyl (C=O) groups excluding carboxylic acids is 1. The minimum absolute atomic E-state index is 0. The van der Waals surface area contributed by atoms with Gasteiger partial charge in [0.2, 0.25) is 5.91 Å². The van der Waals surface area contributed by atoms with E-state index in [1.807, 2.05) is 38.1 Å². The molecular formula is C21H35IN4O2. The van der Waals surface area contributed by atoms with E-state index >= 15 is 0 Å². The first-order valence-electron chi connectivity index (χ1n) is 10.0. The number of guanidine groups is 1. The molecule has 1 aromatic carbocycles. The Balaban J connectivity index is 0.00000392. The van der Waals surface area contributed by atoms with Gasteiger partial charge in [-0.25, -0.2) is 4.99 Å². The number of hydrogen-bond acceptors (Lipinski definition) is 3. The number of amides is 1. The van der Waals surface area contributed by atoms with Crippen molar-refractivity contribution in [3.8, 4) is 0 Å². The molecule has 3 N–H and O–H groups in total. The fourth-order valence-electron chi connectivity index (χ4n) is 2.96. The average molecular weight is 502 g/mol. The number of benzene rings is 1. The van der Waals surface area contributed by atoms with Crippen LogP contribution in [-0.2, 0) is 16.1 Å². The number of rotatable bonds is 8. The van der Waals surface area contributed by atoms with Crippen molar-refractivity contribution >= 4 is 41.5 Å². The average Bonchev–Trinajstić information content (AvgIpc) is 3.10. The van der Waals surface area contributed by atoms with E-state index in [0.29, 0.717) is 6.54 Å². The van der Waals surface area contributed by atoms with Crippen LogP contribution < -0.4 is 16.0 Å². The molecule has 1 amide bonds. The highest BCUT2D eigenvalue weighted by molar-refractivity contribution is 14.0. The van der Waals surface area contributed by atoms with Crippen molar-refractivity contribution in [2.45, 2.75) is 59.1 Å². The summed E-state index contributed by atoms with van der Waals surface area (Å²) in [4.78, 5) is 16.8. The molecule has 2 rings (SSSR count). The zero-order valence-corrected chi connectivity index (χ0v) is 19.8. The van der Waals surface area contributed by atoms with Gasteiger partial charge >= 0.3 is 0 Å². The molecule has 7 heteroatoms. The van der Waals surface area contributed by atoms with Gasteiger partial charge in [-0.05, 0) is 50.8 Å². The molecule has 1 saturated heterocycles. The van der Waals surface area contributed by atoms with Crippen LogP contribution in [0.2, 0.25) is 0 Å². The van der Waals surface area contributed by atoms with Crippen molar-refractivity contribution in [1.29, 1.82) is 0 Å². The Bertz CT molecular complexity index is 645. The van der Waals surface area contributed by atoms with Gasteiger partial charge in [-0.15, -0.1) is 24.0 Å². The number of ether oxygens (including phenoxy) is 1. The summed E-state index contributed by atoms with van der Waals surface area (Å²) < 4.78 is 5.83. The monoisotopic (exact) mass is 502 g/mol. The second kappa shape index (κ2) is 12.3.